The third-order valence-corrected chi connectivity index (χ3v) is 6.46. The van der Waals surface area contributed by atoms with Gasteiger partial charge in [-0.25, -0.2) is 23.3 Å². The van der Waals surface area contributed by atoms with E-state index in [9.17, 15) is 28.0 Å². The number of esters is 2. The van der Waals surface area contributed by atoms with E-state index in [4.69, 9.17) is 9.47 Å². The maximum absolute atomic E-state index is 13.5. The first-order valence-corrected chi connectivity index (χ1v) is 13.0. The Bertz CT molecular complexity index is 1650. The van der Waals surface area contributed by atoms with Crippen LogP contribution < -0.4 is 9.64 Å². The number of amides is 2. The summed E-state index contributed by atoms with van der Waals surface area (Å²) < 4.78 is 37.8. The number of allylic oxidation sites excluding steroid dienone is 1. The Kier molecular flexibility index (Phi) is 8.01. The molecule has 0 radical (unpaired) electrons. The van der Waals surface area contributed by atoms with Crippen molar-refractivity contribution < 1.29 is 37.4 Å². The van der Waals surface area contributed by atoms with Crippen LogP contribution in [0.5, 0.6) is 5.75 Å². The number of rotatable bonds is 7. The SMILES string of the molecule is CCC/C=C1\OC(=O)c2ccc(OC(=O)c3ccc(N(C(=O)c4ccc(F)cc4)C(=O)c4ccc(F)cc4)cc3)cc21. The zero-order valence-corrected chi connectivity index (χ0v) is 22.3. The van der Waals surface area contributed by atoms with Gasteiger partial charge in [-0.2, -0.15) is 0 Å². The fourth-order valence-corrected chi connectivity index (χ4v) is 4.29. The second kappa shape index (κ2) is 12.0. The van der Waals surface area contributed by atoms with Crippen LogP contribution in [0.3, 0.4) is 0 Å². The Labute approximate surface area is 239 Å². The van der Waals surface area contributed by atoms with Crippen LogP contribution in [-0.4, -0.2) is 23.8 Å². The number of benzene rings is 4. The summed E-state index contributed by atoms with van der Waals surface area (Å²) in [6.45, 7) is 1.99. The molecule has 0 saturated heterocycles. The number of imide groups is 1. The third-order valence-electron chi connectivity index (χ3n) is 6.46. The standard InChI is InChI=1S/C33H23F2NO6/c1-2-3-4-29-28-19-26(17-18-27(28)33(40)42-29)41-32(39)22-9-15-25(16-10-22)36(30(37)20-5-11-23(34)12-6-20)31(38)21-7-13-24(35)14-8-21/h4-19H,2-3H2,1H3/b29-4-. The lowest BCUT2D eigenvalue weighted by Gasteiger charge is -2.21. The summed E-state index contributed by atoms with van der Waals surface area (Å²) in [4.78, 5) is 52.7. The van der Waals surface area contributed by atoms with Gasteiger partial charge >= 0.3 is 11.9 Å². The topological polar surface area (TPSA) is 90.0 Å². The molecule has 210 valence electrons. The highest BCUT2D eigenvalue weighted by Crippen LogP contribution is 2.33. The van der Waals surface area contributed by atoms with Crippen molar-refractivity contribution in [3.05, 3.63) is 137 Å². The molecule has 0 atom stereocenters. The van der Waals surface area contributed by atoms with Crippen molar-refractivity contribution in [3.63, 3.8) is 0 Å². The molecule has 5 rings (SSSR count). The van der Waals surface area contributed by atoms with Gasteiger partial charge in [-0.3, -0.25) is 9.59 Å². The van der Waals surface area contributed by atoms with Crippen LogP contribution >= 0.6 is 0 Å². The molecule has 4 aromatic rings. The minimum absolute atomic E-state index is 0.0433. The van der Waals surface area contributed by atoms with Gasteiger partial charge in [0.25, 0.3) is 11.8 Å². The third kappa shape index (κ3) is 5.85. The van der Waals surface area contributed by atoms with Crippen LogP contribution in [0.4, 0.5) is 14.5 Å². The highest BCUT2D eigenvalue weighted by Gasteiger charge is 2.28. The molecule has 0 unspecified atom stereocenters. The number of carbonyl (C=O) groups is 4. The number of halogens is 2. The van der Waals surface area contributed by atoms with E-state index in [0.717, 1.165) is 35.6 Å². The number of cyclic esters (lactones) is 1. The predicted octanol–water partition coefficient (Wildman–Crippen LogP) is 6.98. The molecule has 42 heavy (non-hydrogen) atoms. The lowest BCUT2D eigenvalue weighted by Crippen LogP contribution is -2.37. The second-order valence-electron chi connectivity index (χ2n) is 9.35. The molecule has 4 aromatic carbocycles. The van der Waals surface area contributed by atoms with Crippen LogP contribution in [0, 0.1) is 11.6 Å². The first-order chi connectivity index (χ1) is 20.2. The molecule has 9 heteroatoms. The van der Waals surface area contributed by atoms with Gasteiger partial charge in [0.1, 0.15) is 23.1 Å². The number of ether oxygens (including phenoxy) is 2. The molecular weight excluding hydrogens is 544 g/mol. The zero-order valence-electron chi connectivity index (χ0n) is 22.3. The number of nitrogens with zero attached hydrogens (tertiary/aromatic N) is 1. The minimum Gasteiger partial charge on any atom is -0.423 e. The molecular formula is C33H23F2NO6. The molecule has 0 saturated carbocycles. The average molecular weight is 568 g/mol. The molecule has 1 aliphatic rings. The summed E-state index contributed by atoms with van der Waals surface area (Å²) >= 11 is 0. The van der Waals surface area contributed by atoms with Crippen molar-refractivity contribution in [2.24, 2.45) is 0 Å². The lowest BCUT2D eigenvalue weighted by molar-refractivity contribution is 0.0712. The fraction of sp³-hybridized carbons (Fsp3) is 0.0909. The van der Waals surface area contributed by atoms with Crippen molar-refractivity contribution in [2.45, 2.75) is 19.8 Å². The van der Waals surface area contributed by atoms with E-state index in [2.05, 4.69) is 0 Å². The van der Waals surface area contributed by atoms with E-state index in [1.807, 2.05) is 6.92 Å². The van der Waals surface area contributed by atoms with Crippen molar-refractivity contribution in [1.29, 1.82) is 0 Å². The van der Waals surface area contributed by atoms with E-state index in [-0.39, 0.29) is 28.1 Å². The van der Waals surface area contributed by atoms with Gasteiger partial charge in [-0.1, -0.05) is 13.3 Å². The number of anilines is 1. The quantitative estimate of drug-likeness (QED) is 0.136. The minimum atomic E-state index is -0.749. The maximum Gasteiger partial charge on any atom is 0.344 e. The van der Waals surface area contributed by atoms with Crippen molar-refractivity contribution in [2.75, 3.05) is 4.90 Å². The van der Waals surface area contributed by atoms with Crippen molar-refractivity contribution in [1.82, 2.24) is 0 Å². The molecule has 2 amide bonds. The Morgan fingerprint density at radius 2 is 1.31 bits per heavy atom. The molecule has 0 aliphatic carbocycles. The van der Waals surface area contributed by atoms with Crippen LogP contribution in [0.1, 0.15) is 66.8 Å². The number of fused-ring (bicyclic) bond motifs is 1. The second-order valence-corrected chi connectivity index (χ2v) is 9.35. The van der Waals surface area contributed by atoms with Gasteiger partial charge in [0.2, 0.25) is 0 Å². The lowest BCUT2D eigenvalue weighted by atomic mass is 10.1. The van der Waals surface area contributed by atoms with Gasteiger partial charge in [0.15, 0.2) is 0 Å². The summed E-state index contributed by atoms with van der Waals surface area (Å²) in [5, 5.41) is 0. The normalized spacial score (nSPS) is 12.9. The molecule has 0 spiro atoms. The number of unbranched alkanes of at least 4 members (excludes halogenated alkanes) is 1. The smallest absolute Gasteiger partial charge is 0.344 e. The largest absolute Gasteiger partial charge is 0.423 e. The first kappa shape index (κ1) is 28.1. The summed E-state index contributed by atoms with van der Waals surface area (Å²) in [6, 6.07) is 19.5. The van der Waals surface area contributed by atoms with Crippen LogP contribution in [0.15, 0.2) is 97.1 Å². The monoisotopic (exact) mass is 567 g/mol. The summed E-state index contributed by atoms with van der Waals surface area (Å²) in [7, 11) is 0. The van der Waals surface area contributed by atoms with Gasteiger partial charge in [-0.15, -0.1) is 0 Å². The average Bonchev–Trinajstić information content (AvgIpc) is 3.31. The Hall–Kier alpha value is -5.44. The number of carbonyl (C=O) groups excluding carboxylic acids is 4. The first-order valence-electron chi connectivity index (χ1n) is 13.0. The summed E-state index contributed by atoms with van der Waals surface area (Å²) in [6.07, 6.45) is 3.38. The number of hydrogen-bond donors (Lipinski definition) is 0. The Morgan fingerprint density at radius 3 is 1.86 bits per heavy atom. The van der Waals surface area contributed by atoms with Crippen LogP contribution in [-0.2, 0) is 4.74 Å². The van der Waals surface area contributed by atoms with E-state index >= 15 is 0 Å². The molecule has 1 heterocycles. The highest BCUT2D eigenvalue weighted by atomic mass is 19.1. The van der Waals surface area contributed by atoms with Crippen LogP contribution in [0.25, 0.3) is 5.76 Å². The maximum atomic E-state index is 13.5. The van der Waals surface area contributed by atoms with E-state index < -0.39 is 35.4 Å². The molecule has 0 bridgehead atoms. The predicted molar refractivity (Wildman–Crippen MR) is 150 cm³/mol. The Balaban J connectivity index is 1.40. The van der Waals surface area contributed by atoms with Gasteiger partial charge < -0.3 is 9.47 Å². The van der Waals surface area contributed by atoms with Crippen LogP contribution in [0.2, 0.25) is 0 Å². The van der Waals surface area contributed by atoms with Gasteiger partial charge in [0.05, 0.1) is 16.8 Å². The molecule has 7 nitrogen and oxygen atoms in total. The molecule has 1 aliphatic heterocycles. The molecule has 0 N–H and O–H groups in total. The fourth-order valence-electron chi connectivity index (χ4n) is 4.29. The summed E-state index contributed by atoms with van der Waals surface area (Å²) in [5.74, 6) is -3.19. The Morgan fingerprint density at radius 1 is 0.762 bits per heavy atom. The van der Waals surface area contributed by atoms with Gasteiger partial charge in [0, 0.05) is 16.7 Å². The highest BCUT2D eigenvalue weighted by molar-refractivity contribution is 6.25. The van der Waals surface area contributed by atoms with Gasteiger partial charge in [-0.05, 0) is 103 Å². The van der Waals surface area contributed by atoms with Crippen molar-refractivity contribution in [3.8, 4) is 5.75 Å². The molecule has 0 fully saturated rings. The van der Waals surface area contributed by atoms with E-state index in [0.29, 0.717) is 23.3 Å². The van der Waals surface area contributed by atoms with Crippen molar-refractivity contribution >= 4 is 35.2 Å². The molecule has 0 aromatic heterocycles. The number of hydrogen-bond acceptors (Lipinski definition) is 6. The zero-order chi connectivity index (χ0) is 29.8. The van der Waals surface area contributed by atoms with E-state index in [1.54, 1.807) is 12.1 Å². The van der Waals surface area contributed by atoms with E-state index in [1.165, 1.54) is 60.7 Å². The summed E-state index contributed by atoms with van der Waals surface area (Å²) in [5.41, 5.74) is 1.23.